The van der Waals surface area contributed by atoms with Gasteiger partial charge in [0, 0.05) is 4.90 Å². The molecule has 0 saturated carbocycles. The first-order valence-electron chi connectivity index (χ1n) is 6.18. The molecule has 0 unspecified atom stereocenters. The summed E-state index contributed by atoms with van der Waals surface area (Å²) in [6.07, 6.45) is 7.27. The minimum Gasteiger partial charge on any atom is -0.206 e. The maximum atomic E-state index is 13.5. The number of halogens is 3. The van der Waals surface area contributed by atoms with Gasteiger partial charge in [-0.25, -0.2) is 4.39 Å². The molecular formula is C14H18F3S. The van der Waals surface area contributed by atoms with Crippen LogP contribution in [0, 0.1) is 12.2 Å². The standard InChI is InChI=1S/C14H18F3S/c1-2-3-4-5-6-7-11-8-9-13(12(15)10-11)18-14(16)17/h4,8-10,14H,2-3,5-7H2,1H3. The number of thioether (sulfide) groups is 1. The van der Waals surface area contributed by atoms with E-state index < -0.39 is 11.6 Å². The predicted octanol–water partition coefficient (Wildman–Crippen LogP) is 5.47. The molecule has 0 amide bonds. The summed E-state index contributed by atoms with van der Waals surface area (Å²) in [5.41, 5.74) is 0.871. The van der Waals surface area contributed by atoms with E-state index in [1.54, 1.807) is 6.07 Å². The van der Waals surface area contributed by atoms with E-state index in [-0.39, 0.29) is 16.7 Å². The van der Waals surface area contributed by atoms with E-state index in [1.165, 1.54) is 12.1 Å². The lowest BCUT2D eigenvalue weighted by Crippen LogP contribution is -1.91. The van der Waals surface area contributed by atoms with Crippen molar-refractivity contribution in [2.75, 3.05) is 0 Å². The van der Waals surface area contributed by atoms with E-state index in [0.29, 0.717) is 0 Å². The Kier molecular flexibility index (Phi) is 7.25. The van der Waals surface area contributed by atoms with Crippen LogP contribution in [0.25, 0.3) is 0 Å². The van der Waals surface area contributed by atoms with Crippen molar-refractivity contribution in [1.82, 2.24) is 0 Å². The quantitative estimate of drug-likeness (QED) is 0.448. The fraction of sp³-hybridized carbons (Fsp3) is 0.500. The van der Waals surface area contributed by atoms with Crippen LogP contribution >= 0.6 is 11.8 Å². The monoisotopic (exact) mass is 275 g/mol. The number of benzene rings is 1. The molecule has 0 spiro atoms. The summed E-state index contributed by atoms with van der Waals surface area (Å²) in [5.74, 6) is -3.12. The van der Waals surface area contributed by atoms with Crippen LogP contribution in [0.5, 0.6) is 0 Å². The zero-order valence-corrected chi connectivity index (χ0v) is 11.3. The molecule has 101 valence electrons. The summed E-state index contributed by atoms with van der Waals surface area (Å²) >= 11 is 0.254. The molecule has 1 aromatic rings. The van der Waals surface area contributed by atoms with Crippen molar-refractivity contribution in [2.24, 2.45) is 0 Å². The van der Waals surface area contributed by atoms with Gasteiger partial charge in [-0.1, -0.05) is 37.6 Å². The van der Waals surface area contributed by atoms with Gasteiger partial charge >= 0.3 is 0 Å². The largest absolute Gasteiger partial charge is 0.289 e. The van der Waals surface area contributed by atoms with E-state index in [0.717, 1.165) is 37.7 Å². The lowest BCUT2D eigenvalue weighted by atomic mass is 10.1. The Morgan fingerprint density at radius 2 is 2.06 bits per heavy atom. The third-order valence-electron chi connectivity index (χ3n) is 2.58. The Morgan fingerprint density at radius 3 is 2.67 bits per heavy atom. The second-order valence-electron chi connectivity index (χ2n) is 4.11. The zero-order valence-electron chi connectivity index (χ0n) is 10.5. The molecule has 0 aromatic heterocycles. The molecule has 1 aromatic carbocycles. The van der Waals surface area contributed by atoms with Gasteiger partial charge in [0.05, 0.1) is 0 Å². The smallest absolute Gasteiger partial charge is 0.206 e. The van der Waals surface area contributed by atoms with Crippen molar-refractivity contribution in [3.63, 3.8) is 0 Å². The van der Waals surface area contributed by atoms with Crippen molar-refractivity contribution in [3.8, 4) is 0 Å². The van der Waals surface area contributed by atoms with Crippen molar-refractivity contribution in [1.29, 1.82) is 0 Å². The highest BCUT2D eigenvalue weighted by molar-refractivity contribution is 7.99. The summed E-state index contributed by atoms with van der Waals surface area (Å²) in [6.45, 7) is 2.13. The molecule has 0 fully saturated rings. The molecule has 0 aliphatic heterocycles. The molecule has 0 N–H and O–H groups in total. The van der Waals surface area contributed by atoms with Gasteiger partial charge in [-0.05, 0) is 43.4 Å². The van der Waals surface area contributed by atoms with Gasteiger partial charge in [-0.15, -0.1) is 0 Å². The molecule has 0 nitrogen and oxygen atoms in total. The average Bonchev–Trinajstić information content (AvgIpc) is 2.32. The van der Waals surface area contributed by atoms with E-state index in [9.17, 15) is 13.2 Å². The van der Waals surface area contributed by atoms with E-state index in [4.69, 9.17) is 0 Å². The molecule has 0 aliphatic carbocycles. The zero-order chi connectivity index (χ0) is 13.4. The normalized spacial score (nSPS) is 11.2. The summed E-state index contributed by atoms with van der Waals surface area (Å²) in [6, 6.07) is 4.54. The second kappa shape index (κ2) is 8.46. The lowest BCUT2D eigenvalue weighted by molar-refractivity contribution is 0.251. The first-order chi connectivity index (χ1) is 8.63. The number of unbranched alkanes of at least 4 members (excludes halogenated alkanes) is 4. The van der Waals surface area contributed by atoms with E-state index >= 15 is 0 Å². The van der Waals surface area contributed by atoms with Crippen LogP contribution in [-0.4, -0.2) is 5.76 Å². The lowest BCUT2D eigenvalue weighted by Gasteiger charge is -2.05. The van der Waals surface area contributed by atoms with Gasteiger partial charge in [0.2, 0.25) is 0 Å². The maximum absolute atomic E-state index is 13.5. The Labute approximate surface area is 111 Å². The summed E-state index contributed by atoms with van der Waals surface area (Å²) < 4.78 is 37.7. The molecule has 0 atom stereocenters. The van der Waals surface area contributed by atoms with Crippen LogP contribution in [-0.2, 0) is 6.42 Å². The molecule has 4 heteroatoms. The first-order valence-corrected chi connectivity index (χ1v) is 7.06. The van der Waals surface area contributed by atoms with E-state index in [1.807, 2.05) is 0 Å². The number of aryl methyl sites for hydroxylation is 1. The van der Waals surface area contributed by atoms with E-state index in [2.05, 4.69) is 13.3 Å². The Bertz CT molecular complexity index is 353. The minimum atomic E-state index is -2.58. The Balaban J connectivity index is 2.41. The summed E-state index contributed by atoms with van der Waals surface area (Å²) in [4.78, 5) is 0.0197. The van der Waals surface area contributed by atoms with Gasteiger partial charge in [0.25, 0.3) is 5.76 Å². The van der Waals surface area contributed by atoms with Crippen LogP contribution in [0.15, 0.2) is 23.1 Å². The molecule has 0 saturated heterocycles. The van der Waals surface area contributed by atoms with Crippen LogP contribution in [0.3, 0.4) is 0 Å². The molecule has 0 bridgehead atoms. The number of hydrogen-bond acceptors (Lipinski definition) is 1. The molecule has 0 aliphatic rings. The van der Waals surface area contributed by atoms with Crippen LogP contribution in [0.1, 0.15) is 38.2 Å². The number of hydrogen-bond donors (Lipinski definition) is 0. The number of alkyl halides is 2. The highest BCUT2D eigenvalue weighted by Crippen LogP contribution is 2.28. The van der Waals surface area contributed by atoms with Gasteiger partial charge in [0.1, 0.15) is 5.82 Å². The fourth-order valence-corrected chi connectivity index (χ4v) is 2.20. The first kappa shape index (κ1) is 15.4. The van der Waals surface area contributed by atoms with Gasteiger partial charge in [-0.2, -0.15) is 8.78 Å². The van der Waals surface area contributed by atoms with Gasteiger partial charge in [0.15, 0.2) is 0 Å². The van der Waals surface area contributed by atoms with Gasteiger partial charge < -0.3 is 0 Å². The molecular weight excluding hydrogens is 257 g/mol. The highest BCUT2D eigenvalue weighted by Gasteiger charge is 2.10. The predicted molar refractivity (Wildman–Crippen MR) is 70.4 cm³/mol. The van der Waals surface area contributed by atoms with Crippen molar-refractivity contribution in [2.45, 2.75) is 49.7 Å². The maximum Gasteiger partial charge on any atom is 0.289 e. The van der Waals surface area contributed by atoms with Crippen molar-refractivity contribution >= 4 is 11.8 Å². The van der Waals surface area contributed by atoms with Crippen LogP contribution in [0.2, 0.25) is 0 Å². The SMILES string of the molecule is CCC[CH]CCCc1ccc(SC(F)F)c(F)c1. The summed E-state index contributed by atoms with van der Waals surface area (Å²) in [7, 11) is 0. The fourth-order valence-electron chi connectivity index (χ4n) is 1.69. The molecule has 18 heavy (non-hydrogen) atoms. The molecule has 0 heterocycles. The van der Waals surface area contributed by atoms with Crippen molar-refractivity contribution in [3.05, 3.63) is 36.0 Å². The highest BCUT2D eigenvalue weighted by atomic mass is 32.2. The molecule has 1 rings (SSSR count). The Hall–Kier alpha value is -0.640. The third kappa shape index (κ3) is 5.80. The van der Waals surface area contributed by atoms with Crippen molar-refractivity contribution < 1.29 is 13.2 Å². The Morgan fingerprint density at radius 1 is 1.28 bits per heavy atom. The van der Waals surface area contributed by atoms with Gasteiger partial charge in [-0.3, -0.25) is 0 Å². The third-order valence-corrected chi connectivity index (χ3v) is 3.34. The average molecular weight is 275 g/mol. The summed E-state index contributed by atoms with van der Waals surface area (Å²) in [5, 5.41) is 0. The van der Waals surface area contributed by atoms with Crippen LogP contribution in [0.4, 0.5) is 13.2 Å². The minimum absolute atomic E-state index is 0.0197. The second-order valence-corrected chi connectivity index (χ2v) is 5.14. The molecule has 1 radical (unpaired) electrons. The topological polar surface area (TPSA) is 0 Å². The number of rotatable bonds is 8. The van der Waals surface area contributed by atoms with Crippen LogP contribution < -0.4 is 0 Å².